The minimum atomic E-state index is -0.415. The van der Waals surface area contributed by atoms with Gasteiger partial charge >= 0.3 is 5.69 Å². The zero-order chi connectivity index (χ0) is 18.8. The van der Waals surface area contributed by atoms with Gasteiger partial charge in [0.15, 0.2) is 0 Å². The summed E-state index contributed by atoms with van der Waals surface area (Å²) in [6, 6.07) is 9.02. The lowest BCUT2D eigenvalue weighted by Crippen LogP contribution is -2.36. The molecule has 2 aromatic heterocycles. The first-order chi connectivity index (χ1) is 12.4. The van der Waals surface area contributed by atoms with Crippen LogP contribution in [-0.4, -0.2) is 21.6 Å². The highest BCUT2D eigenvalue weighted by Crippen LogP contribution is 2.22. The normalized spacial score (nSPS) is 10.9. The highest BCUT2D eigenvalue weighted by atomic mass is 32.1. The molecule has 136 valence electrons. The van der Waals surface area contributed by atoms with Crippen LogP contribution in [0.5, 0.6) is 5.75 Å². The van der Waals surface area contributed by atoms with E-state index in [2.05, 4.69) is 5.32 Å². The van der Waals surface area contributed by atoms with Gasteiger partial charge in [0, 0.05) is 26.2 Å². The van der Waals surface area contributed by atoms with Crippen molar-refractivity contribution < 1.29 is 9.53 Å². The molecule has 3 rings (SSSR count). The molecule has 0 aliphatic rings. The fourth-order valence-electron chi connectivity index (χ4n) is 2.68. The number of fused-ring (bicyclic) bond motifs is 1. The zero-order valence-corrected chi connectivity index (χ0v) is 15.6. The third-order valence-electron chi connectivity index (χ3n) is 4.06. The summed E-state index contributed by atoms with van der Waals surface area (Å²) in [7, 11) is 3.01. The summed E-state index contributed by atoms with van der Waals surface area (Å²) in [6.45, 7) is 2.75. The van der Waals surface area contributed by atoms with E-state index in [0.29, 0.717) is 28.2 Å². The molecule has 3 aromatic rings. The van der Waals surface area contributed by atoms with E-state index in [1.54, 1.807) is 7.05 Å². The fourth-order valence-corrected chi connectivity index (χ4v) is 3.71. The Hall–Kier alpha value is -2.87. The van der Waals surface area contributed by atoms with Crippen LogP contribution in [0.3, 0.4) is 0 Å². The number of thiophene rings is 1. The van der Waals surface area contributed by atoms with Crippen molar-refractivity contribution in [3.05, 3.63) is 61.6 Å². The highest BCUT2D eigenvalue weighted by Gasteiger charge is 2.16. The van der Waals surface area contributed by atoms with Crippen molar-refractivity contribution in [1.29, 1.82) is 0 Å². The topological polar surface area (TPSA) is 82.3 Å². The third kappa shape index (κ3) is 3.15. The van der Waals surface area contributed by atoms with Gasteiger partial charge in [-0.2, -0.15) is 0 Å². The lowest BCUT2D eigenvalue weighted by molar-refractivity contribution is 0.0955. The van der Waals surface area contributed by atoms with Crippen molar-refractivity contribution in [2.75, 3.05) is 6.61 Å². The van der Waals surface area contributed by atoms with Crippen LogP contribution in [0.15, 0.2) is 39.9 Å². The predicted octanol–water partition coefficient (Wildman–Crippen LogP) is 1.63. The first kappa shape index (κ1) is 17.9. The molecule has 0 radical (unpaired) electrons. The molecular weight excluding hydrogens is 354 g/mol. The Kier molecular flexibility index (Phi) is 4.94. The third-order valence-corrected chi connectivity index (χ3v) is 5.27. The quantitative estimate of drug-likeness (QED) is 0.737. The number of hydrogen-bond acceptors (Lipinski definition) is 5. The standard InChI is InChI=1S/C18H19N3O4S/c1-4-25-13-8-6-5-7-11(13)10-19-15(22)14-9-12-16(23)20(2)18(24)21(3)17(12)26-14/h5-9H,4,10H2,1-3H3,(H,19,22). The zero-order valence-electron chi connectivity index (χ0n) is 14.7. The van der Waals surface area contributed by atoms with Crippen molar-refractivity contribution >= 4 is 27.5 Å². The highest BCUT2D eigenvalue weighted by molar-refractivity contribution is 7.20. The molecule has 8 heteroatoms. The van der Waals surface area contributed by atoms with Crippen molar-refractivity contribution in [2.45, 2.75) is 13.5 Å². The van der Waals surface area contributed by atoms with Crippen molar-refractivity contribution in [3.8, 4) is 5.75 Å². The van der Waals surface area contributed by atoms with Crippen LogP contribution in [0.1, 0.15) is 22.2 Å². The van der Waals surface area contributed by atoms with Gasteiger partial charge in [-0.1, -0.05) is 18.2 Å². The van der Waals surface area contributed by atoms with Crippen LogP contribution in [0.2, 0.25) is 0 Å². The molecule has 1 aromatic carbocycles. The fraction of sp³-hybridized carbons (Fsp3) is 0.278. The summed E-state index contributed by atoms with van der Waals surface area (Å²) >= 11 is 1.12. The van der Waals surface area contributed by atoms with Gasteiger partial charge < -0.3 is 10.1 Å². The lowest BCUT2D eigenvalue weighted by Gasteiger charge is -2.10. The molecule has 1 amide bonds. The van der Waals surface area contributed by atoms with Crippen LogP contribution in [0, 0.1) is 0 Å². The van der Waals surface area contributed by atoms with Gasteiger partial charge in [-0.15, -0.1) is 11.3 Å². The Morgan fingerprint density at radius 1 is 1.19 bits per heavy atom. The molecule has 26 heavy (non-hydrogen) atoms. The Morgan fingerprint density at radius 2 is 1.92 bits per heavy atom. The number of aromatic nitrogens is 2. The second kappa shape index (κ2) is 7.17. The molecule has 1 N–H and O–H groups in total. The molecule has 0 fully saturated rings. The summed E-state index contributed by atoms with van der Waals surface area (Å²) in [5.41, 5.74) is 0.0502. The molecule has 0 saturated heterocycles. The van der Waals surface area contributed by atoms with Crippen LogP contribution in [0.25, 0.3) is 10.2 Å². The van der Waals surface area contributed by atoms with E-state index in [1.807, 2.05) is 31.2 Å². The monoisotopic (exact) mass is 373 g/mol. The second-order valence-electron chi connectivity index (χ2n) is 5.76. The lowest BCUT2D eigenvalue weighted by atomic mass is 10.2. The molecule has 0 unspecified atom stereocenters. The number of amides is 1. The summed E-state index contributed by atoms with van der Waals surface area (Å²) in [5, 5.41) is 3.20. The number of benzene rings is 1. The summed E-state index contributed by atoms with van der Waals surface area (Å²) in [5.74, 6) is 0.426. The Morgan fingerprint density at radius 3 is 2.65 bits per heavy atom. The van der Waals surface area contributed by atoms with Gasteiger partial charge in [0.25, 0.3) is 11.5 Å². The van der Waals surface area contributed by atoms with Gasteiger partial charge in [-0.05, 0) is 19.1 Å². The number of carbonyl (C=O) groups is 1. The van der Waals surface area contributed by atoms with Crippen molar-refractivity contribution in [2.24, 2.45) is 14.1 Å². The van der Waals surface area contributed by atoms with Crippen LogP contribution < -0.4 is 21.3 Å². The molecule has 0 saturated carbocycles. The maximum absolute atomic E-state index is 12.5. The van der Waals surface area contributed by atoms with Gasteiger partial charge in [0.05, 0.1) is 16.9 Å². The number of hydrogen-bond donors (Lipinski definition) is 1. The molecule has 0 aliphatic carbocycles. The van der Waals surface area contributed by atoms with Crippen molar-refractivity contribution in [3.63, 3.8) is 0 Å². The average molecular weight is 373 g/mol. The number of nitrogens with zero attached hydrogens (tertiary/aromatic N) is 2. The summed E-state index contributed by atoms with van der Waals surface area (Å²) in [4.78, 5) is 37.6. The Bertz CT molecular complexity index is 1090. The van der Waals surface area contributed by atoms with Crippen LogP contribution >= 0.6 is 11.3 Å². The van der Waals surface area contributed by atoms with E-state index in [-0.39, 0.29) is 5.91 Å². The van der Waals surface area contributed by atoms with E-state index >= 15 is 0 Å². The molecule has 0 aliphatic heterocycles. The maximum Gasteiger partial charge on any atom is 0.331 e. The molecule has 0 bridgehead atoms. The van der Waals surface area contributed by atoms with Gasteiger partial charge in [0.2, 0.25) is 0 Å². The number of ether oxygens (including phenoxy) is 1. The molecule has 0 spiro atoms. The molecule has 2 heterocycles. The largest absolute Gasteiger partial charge is 0.494 e. The number of rotatable bonds is 5. The van der Waals surface area contributed by atoms with Gasteiger partial charge in [-0.3, -0.25) is 18.7 Å². The second-order valence-corrected chi connectivity index (χ2v) is 6.79. The van der Waals surface area contributed by atoms with Crippen LogP contribution in [-0.2, 0) is 20.6 Å². The van der Waals surface area contributed by atoms with E-state index < -0.39 is 11.2 Å². The molecular formula is C18H19N3O4S. The Balaban J connectivity index is 1.88. The Labute approximate surface area is 153 Å². The van der Waals surface area contributed by atoms with E-state index in [4.69, 9.17) is 4.74 Å². The van der Waals surface area contributed by atoms with E-state index in [9.17, 15) is 14.4 Å². The average Bonchev–Trinajstić information content (AvgIpc) is 3.10. The predicted molar refractivity (Wildman–Crippen MR) is 101 cm³/mol. The minimum absolute atomic E-state index is 0.299. The SMILES string of the molecule is CCOc1ccccc1CNC(=O)c1cc2c(=O)n(C)c(=O)n(C)c2s1. The smallest absolute Gasteiger partial charge is 0.331 e. The van der Waals surface area contributed by atoms with Crippen LogP contribution in [0.4, 0.5) is 0 Å². The molecule has 7 nitrogen and oxygen atoms in total. The maximum atomic E-state index is 12.5. The number of aryl methyl sites for hydroxylation is 1. The van der Waals surface area contributed by atoms with Crippen molar-refractivity contribution in [1.82, 2.24) is 14.5 Å². The first-order valence-corrected chi connectivity index (χ1v) is 8.94. The first-order valence-electron chi connectivity index (χ1n) is 8.12. The summed E-state index contributed by atoms with van der Waals surface area (Å²) < 4.78 is 7.96. The number of para-hydroxylation sites is 1. The van der Waals surface area contributed by atoms with Gasteiger partial charge in [0.1, 0.15) is 10.6 Å². The minimum Gasteiger partial charge on any atom is -0.494 e. The number of carbonyl (C=O) groups excluding carboxylic acids is 1. The number of nitrogens with one attached hydrogen (secondary N) is 1. The summed E-state index contributed by atoms with van der Waals surface area (Å²) in [6.07, 6.45) is 0. The van der Waals surface area contributed by atoms with E-state index in [1.165, 1.54) is 17.7 Å². The van der Waals surface area contributed by atoms with E-state index in [0.717, 1.165) is 27.2 Å². The molecule has 0 atom stereocenters. The van der Waals surface area contributed by atoms with Gasteiger partial charge in [-0.25, -0.2) is 4.79 Å².